The number of hydrogen-bond acceptors (Lipinski definition) is 4. The second-order valence-electron chi connectivity index (χ2n) is 6.53. The first kappa shape index (κ1) is 17.5. The van der Waals surface area contributed by atoms with Crippen LogP contribution in [0.3, 0.4) is 0 Å². The molecule has 0 atom stereocenters. The molecule has 0 bridgehead atoms. The SMILES string of the molecule is O=C(NC1CC(NCCCCn2ccnc2)C1)OCc1ccccc1. The highest BCUT2D eigenvalue weighted by atomic mass is 16.5. The van der Waals surface area contributed by atoms with Gasteiger partial charge in [-0.15, -0.1) is 0 Å². The Hall–Kier alpha value is -2.34. The van der Waals surface area contributed by atoms with Gasteiger partial charge in [0.1, 0.15) is 6.61 Å². The van der Waals surface area contributed by atoms with E-state index >= 15 is 0 Å². The van der Waals surface area contributed by atoms with Crippen molar-refractivity contribution in [1.29, 1.82) is 0 Å². The first-order chi connectivity index (χ1) is 12.3. The van der Waals surface area contributed by atoms with Gasteiger partial charge in [0.05, 0.1) is 6.33 Å². The normalized spacial score (nSPS) is 19.2. The number of ether oxygens (including phenoxy) is 1. The number of amides is 1. The van der Waals surface area contributed by atoms with Gasteiger partial charge >= 0.3 is 6.09 Å². The van der Waals surface area contributed by atoms with Crippen LogP contribution >= 0.6 is 0 Å². The van der Waals surface area contributed by atoms with Crippen molar-refractivity contribution in [3.05, 3.63) is 54.6 Å². The quantitative estimate of drug-likeness (QED) is 0.688. The van der Waals surface area contributed by atoms with Gasteiger partial charge in [0, 0.05) is 31.0 Å². The molecule has 25 heavy (non-hydrogen) atoms. The number of carbonyl (C=O) groups excluding carboxylic acids is 1. The number of rotatable bonds is 9. The van der Waals surface area contributed by atoms with Gasteiger partial charge in [0.2, 0.25) is 0 Å². The third kappa shape index (κ3) is 5.90. The maximum atomic E-state index is 11.8. The molecule has 2 aromatic rings. The van der Waals surface area contributed by atoms with Gasteiger partial charge < -0.3 is 19.9 Å². The summed E-state index contributed by atoms with van der Waals surface area (Å²) in [6.45, 7) is 2.35. The largest absolute Gasteiger partial charge is 0.445 e. The molecule has 1 saturated carbocycles. The molecule has 0 aliphatic heterocycles. The summed E-state index contributed by atoms with van der Waals surface area (Å²) in [5.41, 5.74) is 1.00. The van der Waals surface area contributed by atoms with Crippen molar-refractivity contribution in [1.82, 2.24) is 20.2 Å². The zero-order valence-corrected chi connectivity index (χ0v) is 14.4. The lowest BCUT2D eigenvalue weighted by Crippen LogP contribution is -2.52. The minimum atomic E-state index is -0.326. The van der Waals surface area contributed by atoms with Crippen LogP contribution in [0.1, 0.15) is 31.2 Å². The van der Waals surface area contributed by atoms with Crippen molar-refractivity contribution in [2.24, 2.45) is 0 Å². The van der Waals surface area contributed by atoms with Crippen LogP contribution in [-0.2, 0) is 17.9 Å². The van der Waals surface area contributed by atoms with E-state index in [0.29, 0.717) is 12.6 Å². The fourth-order valence-corrected chi connectivity index (χ4v) is 2.98. The number of nitrogens with zero attached hydrogens (tertiary/aromatic N) is 2. The van der Waals surface area contributed by atoms with Crippen LogP contribution in [0.5, 0.6) is 0 Å². The molecule has 1 amide bonds. The van der Waals surface area contributed by atoms with Crippen LogP contribution < -0.4 is 10.6 Å². The number of carbonyl (C=O) groups is 1. The summed E-state index contributed by atoms with van der Waals surface area (Å²) >= 11 is 0. The number of benzene rings is 1. The van der Waals surface area contributed by atoms with E-state index in [1.54, 1.807) is 0 Å². The van der Waals surface area contributed by atoms with E-state index in [2.05, 4.69) is 20.2 Å². The van der Waals surface area contributed by atoms with Crippen LogP contribution in [0.15, 0.2) is 49.1 Å². The van der Waals surface area contributed by atoms with E-state index in [1.807, 2.05) is 49.1 Å². The first-order valence-electron chi connectivity index (χ1n) is 8.96. The second-order valence-corrected chi connectivity index (χ2v) is 6.53. The number of hydrogen-bond donors (Lipinski definition) is 2. The highest BCUT2D eigenvalue weighted by molar-refractivity contribution is 5.67. The number of aryl methyl sites for hydroxylation is 1. The van der Waals surface area contributed by atoms with E-state index in [9.17, 15) is 4.79 Å². The summed E-state index contributed by atoms with van der Waals surface area (Å²) in [4.78, 5) is 15.8. The van der Waals surface area contributed by atoms with Gasteiger partial charge in [-0.2, -0.15) is 0 Å². The van der Waals surface area contributed by atoms with E-state index < -0.39 is 0 Å². The lowest BCUT2D eigenvalue weighted by Gasteiger charge is -2.36. The Balaban J connectivity index is 1.19. The zero-order chi connectivity index (χ0) is 17.3. The van der Waals surface area contributed by atoms with Gasteiger partial charge in [-0.3, -0.25) is 0 Å². The second kappa shape index (κ2) is 9.22. The summed E-state index contributed by atoms with van der Waals surface area (Å²) in [5, 5.41) is 6.47. The summed E-state index contributed by atoms with van der Waals surface area (Å²) in [5.74, 6) is 0. The lowest BCUT2D eigenvalue weighted by atomic mass is 9.87. The summed E-state index contributed by atoms with van der Waals surface area (Å²) < 4.78 is 7.34. The molecule has 134 valence electrons. The van der Waals surface area contributed by atoms with Gasteiger partial charge in [-0.25, -0.2) is 9.78 Å². The minimum absolute atomic E-state index is 0.228. The van der Waals surface area contributed by atoms with Crippen LogP contribution in [0, 0.1) is 0 Å². The maximum Gasteiger partial charge on any atom is 0.407 e. The van der Waals surface area contributed by atoms with Crippen molar-refractivity contribution in [3.8, 4) is 0 Å². The number of aromatic nitrogens is 2. The van der Waals surface area contributed by atoms with Crippen molar-refractivity contribution in [2.45, 2.75) is 50.9 Å². The Bertz CT molecular complexity index is 624. The predicted octanol–water partition coefficient (Wildman–Crippen LogP) is 2.71. The fraction of sp³-hybridized carbons (Fsp3) is 0.474. The lowest BCUT2D eigenvalue weighted by molar-refractivity contribution is 0.125. The molecule has 1 aromatic carbocycles. The molecule has 1 aliphatic rings. The van der Waals surface area contributed by atoms with E-state index in [1.165, 1.54) is 0 Å². The predicted molar refractivity (Wildman–Crippen MR) is 96.0 cm³/mol. The van der Waals surface area contributed by atoms with Crippen LogP contribution in [0.2, 0.25) is 0 Å². The summed E-state index contributed by atoms with van der Waals surface area (Å²) in [6, 6.07) is 10.5. The zero-order valence-electron chi connectivity index (χ0n) is 14.4. The Morgan fingerprint density at radius 3 is 2.80 bits per heavy atom. The Morgan fingerprint density at radius 1 is 1.20 bits per heavy atom. The monoisotopic (exact) mass is 342 g/mol. The molecule has 1 aliphatic carbocycles. The molecule has 1 fully saturated rings. The molecule has 0 radical (unpaired) electrons. The van der Waals surface area contributed by atoms with Crippen molar-refractivity contribution >= 4 is 6.09 Å². The molecule has 6 nitrogen and oxygen atoms in total. The van der Waals surface area contributed by atoms with E-state index in [0.717, 1.165) is 44.3 Å². The molecule has 1 aromatic heterocycles. The Kier molecular flexibility index (Phi) is 6.45. The fourth-order valence-electron chi connectivity index (χ4n) is 2.98. The van der Waals surface area contributed by atoms with Crippen molar-refractivity contribution < 1.29 is 9.53 Å². The molecule has 0 spiro atoms. The third-order valence-electron chi connectivity index (χ3n) is 4.51. The van der Waals surface area contributed by atoms with Gasteiger partial charge in [0.15, 0.2) is 0 Å². The van der Waals surface area contributed by atoms with Crippen LogP contribution in [0.25, 0.3) is 0 Å². The summed E-state index contributed by atoms with van der Waals surface area (Å²) in [6.07, 6.45) is 9.57. The standard InChI is InChI=1S/C19H26N4O2/c24-19(25-14-16-6-2-1-3-7-16)22-18-12-17(13-18)21-8-4-5-10-23-11-9-20-15-23/h1-3,6-7,9,11,15,17-18,21H,4-5,8,10,12-14H2,(H,22,24). The highest BCUT2D eigenvalue weighted by Crippen LogP contribution is 2.20. The Morgan fingerprint density at radius 2 is 2.04 bits per heavy atom. The smallest absolute Gasteiger partial charge is 0.407 e. The van der Waals surface area contributed by atoms with Gasteiger partial charge in [-0.05, 0) is 37.8 Å². The topological polar surface area (TPSA) is 68.2 Å². The van der Waals surface area contributed by atoms with E-state index in [-0.39, 0.29) is 12.1 Å². The van der Waals surface area contributed by atoms with Crippen LogP contribution in [-0.4, -0.2) is 34.3 Å². The molecule has 1 heterocycles. The summed E-state index contributed by atoms with van der Waals surface area (Å²) in [7, 11) is 0. The number of unbranched alkanes of at least 4 members (excludes halogenated alkanes) is 1. The van der Waals surface area contributed by atoms with Crippen molar-refractivity contribution in [2.75, 3.05) is 6.54 Å². The Labute approximate surface area is 148 Å². The minimum Gasteiger partial charge on any atom is -0.445 e. The number of nitrogens with one attached hydrogen (secondary N) is 2. The molecule has 6 heteroatoms. The number of imidazole rings is 1. The average molecular weight is 342 g/mol. The molecule has 3 rings (SSSR count). The molecular weight excluding hydrogens is 316 g/mol. The van der Waals surface area contributed by atoms with Gasteiger partial charge in [0.25, 0.3) is 0 Å². The average Bonchev–Trinajstić information content (AvgIpc) is 3.11. The first-order valence-corrected chi connectivity index (χ1v) is 8.96. The van der Waals surface area contributed by atoms with Crippen molar-refractivity contribution in [3.63, 3.8) is 0 Å². The molecule has 0 saturated heterocycles. The maximum absolute atomic E-state index is 11.8. The van der Waals surface area contributed by atoms with E-state index in [4.69, 9.17) is 4.74 Å². The molecule has 2 N–H and O–H groups in total. The number of alkyl carbamates (subject to hydrolysis) is 1. The third-order valence-corrected chi connectivity index (χ3v) is 4.51. The van der Waals surface area contributed by atoms with Gasteiger partial charge in [-0.1, -0.05) is 30.3 Å². The van der Waals surface area contributed by atoms with Crippen LogP contribution in [0.4, 0.5) is 4.79 Å². The highest BCUT2D eigenvalue weighted by Gasteiger charge is 2.29. The molecular formula is C19H26N4O2. The molecule has 0 unspecified atom stereocenters.